The lowest BCUT2D eigenvalue weighted by Gasteiger charge is -2.32. The van der Waals surface area contributed by atoms with Crippen molar-refractivity contribution in [1.82, 2.24) is 14.8 Å². The second-order valence-electron chi connectivity index (χ2n) is 6.36. The van der Waals surface area contributed by atoms with Gasteiger partial charge >= 0.3 is 0 Å². The first-order valence-corrected chi connectivity index (χ1v) is 8.75. The van der Waals surface area contributed by atoms with Gasteiger partial charge in [-0.3, -0.25) is 0 Å². The number of hydrogen-bond donors (Lipinski definition) is 1. The van der Waals surface area contributed by atoms with Crippen LogP contribution in [0.15, 0.2) is 48.8 Å². The fourth-order valence-electron chi connectivity index (χ4n) is 3.53. The van der Waals surface area contributed by atoms with Gasteiger partial charge in [0.15, 0.2) is 0 Å². The average molecular weight is 366 g/mol. The Morgan fingerprint density at radius 2 is 1.70 bits per heavy atom. The third-order valence-electron chi connectivity index (χ3n) is 4.94. The molecule has 0 radical (unpaired) electrons. The van der Waals surface area contributed by atoms with Crippen LogP contribution in [0.25, 0.3) is 0 Å². The molecular formula is C20H22N4O3. The van der Waals surface area contributed by atoms with Crippen LogP contribution in [-0.2, 0) is 0 Å². The Balaban J connectivity index is 1.74. The number of nitrogens with zero attached hydrogens (tertiary/aromatic N) is 3. The van der Waals surface area contributed by atoms with Crippen LogP contribution < -0.4 is 19.5 Å². The molecule has 0 spiro atoms. The molecule has 0 saturated carbocycles. The van der Waals surface area contributed by atoms with Crippen molar-refractivity contribution in [3.63, 3.8) is 0 Å². The summed E-state index contributed by atoms with van der Waals surface area (Å²) >= 11 is 0. The van der Waals surface area contributed by atoms with E-state index in [2.05, 4.69) is 27.5 Å². The van der Waals surface area contributed by atoms with Gasteiger partial charge in [0, 0.05) is 5.56 Å². The molecule has 3 aromatic rings. The van der Waals surface area contributed by atoms with Crippen molar-refractivity contribution < 1.29 is 14.2 Å². The molecule has 0 unspecified atom stereocenters. The first-order chi connectivity index (χ1) is 13.2. The van der Waals surface area contributed by atoms with E-state index in [1.54, 1.807) is 27.7 Å². The molecule has 7 nitrogen and oxygen atoms in total. The molecule has 2 heterocycles. The van der Waals surface area contributed by atoms with Gasteiger partial charge in [-0.2, -0.15) is 10.1 Å². The first-order valence-electron chi connectivity index (χ1n) is 8.75. The second-order valence-corrected chi connectivity index (χ2v) is 6.36. The third-order valence-corrected chi connectivity index (χ3v) is 4.94. The summed E-state index contributed by atoms with van der Waals surface area (Å²) in [5, 5.41) is 7.90. The van der Waals surface area contributed by atoms with Crippen LogP contribution in [0, 0.1) is 0 Å². The van der Waals surface area contributed by atoms with E-state index in [4.69, 9.17) is 14.2 Å². The normalized spacial score (nSPS) is 18.3. The summed E-state index contributed by atoms with van der Waals surface area (Å²) in [6.07, 6.45) is 2.37. The quantitative estimate of drug-likeness (QED) is 0.746. The molecule has 2 atom stereocenters. The van der Waals surface area contributed by atoms with Crippen LogP contribution in [0.2, 0.25) is 0 Å². The number of anilines is 1. The van der Waals surface area contributed by atoms with E-state index >= 15 is 0 Å². The molecule has 4 rings (SSSR count). The van der Waals surface area contributed by atoms with Gasteiger partial charge in [0.25, 0.3) is 0 Å². The highest BCUT2D eigenvalue weighted by Crippen LogP contribution is 2.41. The van der Waals surface area contributed by atoms with E-state index < -0.39 is 0 Å². The topological polar surface area (TPSA) is 70.4 Å². The van der Waals surface area contributed by atoms with Gasteiger partial charge in [-0.15, -0.1) is 0 Å². The Bertz CT molecular complexity index is 923. The number of benzene rings is 2. The number of fused-ring (bicyclic) bond motifs is 1. The highest BCUT2D eigenvalue weighted by molar-refractivity contribution is 5.46. The maximum atomic E-state index is 5.61. The Labute approximate surface area is 157 Å². The van der Waals surface area contributed by atoms with Crippen molar-refractivity contribution in [2.24, 2.45) is 0 Å². The number of hydrogen-bond acceptors (Lipinski definition) is 6. The molecule has 1 aliphatic heterocycles. The molecule has 1 aliphatic rings. The minimum atomic E-state index is -0.0269. The van der Waals surface area contributed by atoms with Crippen molar-refractivity contribution >= 4 is 5.95 Å². The van der Waals surface area contributed by atoms with E-state index in [1.807, 2.05) is 35.0 Å². The molecule has 0 amide bonds. The molecule has 2 aromatic carbocycles. The number of methoxy groups -OCH3 is 3. The van der Waals surface area contributed by atoms with Gasteiger partial charge in [-0.25, -0.2) is 4.68 Å². The lowest BCUT2D eigenvalue weighted by atomic mass is 9.92. The number of aromatic nitrogens is 3. The summed E-state index contributed by atoms with van der Waals surface area (Å²) < 4.78 is 18.2. The fraction of sp³-hybridized carbons (Fsp3) is 0.300. The molecular weight excluding hydrogens is 344 g/mol. The summed E-state index contributed by atoms with van der Waals surface area (Å²) in [6.45, 7) is 0. The smallest absolute Gasteiger partial charge is 0.222 e. The maximum absolute atomic E-state index is 5.61. The van der Waals surface area contributed by atoms with Crippen molar-refractivity contribution in [1.29, 1.82) is 0 Å². The molecule has 140 valence electrons. The lowest BCUT2D eigenvalue weighted by Crippen LogP contribution is -2.28. The molecule has 0 saturated heterocycles. The summed E-state index contributed by atoms with van der Waals surface area (Å²) in [4.78, 5) is 4.38. The minimum Gasteiger partial charge on any atom is -0.497 e. The predicted octanol–water partition coefficient (Wildman–Crippen LogP) is 3.45. The maximum Gasteiger partial charge on any atom is 0.222 e. The summed E-state index contributed by atoms with van der Waals surface area (Å²) in [6, 6.07) is 14.0. The zero-order chi connectivity index (χ0) is 18.8. The van der Waals surface area contributed by atoms with Crippen molar-refractivity contribution in [3.05, 3.63) is 59.9 Å². The van der Waals surface area contributed by atoms with Gasteiger partial charge < -0.3 is 19.5 Å². The second kappa shape index (κ2) is 7.19. The molecule has 1 aromatic heterocycles. The van der Waals surface area contributed by atoms with Crippen LogP contribution in [-0.4, -0.2) is 36.1 Å². The Morgan fingerprint density at radius 3 is 2.41 bits per heavy atom. The number of nitrogens with one attached hydrogen (secondary N) is 1. The van der Waals surface area contributed by atoms with E-state index in [1.165, 1.54) is 0 Å². The van der Waals surface area contributed by atoms with E-state index in [9.17, 15) is 0 Å². The Kier molecular flexibility index (Phi) is 4.58. The van der Waals surface area contributed by atoms with Crippen molar-refractivity contribution in [3.8, 4) is 17.2 Å². The van der Waals surface area contributed by atoms with Crippen LogP contribution >= 0.6 is 0 Å². The molecule has 0 aliphatic carbocycles. The fourth-order valence-corrected chi connectivity index (χ4v) is 3.53. The predicted molar refractivity (Wildman–Crippen MR) is 102 cm³/mol. The van der Waals surface area contributed by atoms with Crippen LogP contribution in [0.5, 0.6) is 17.2 Å². The summed E-state index contributed by atoms with van der Waals surface area (Å²) in [5.74, 6) is 3.16. The monoisotopic (exact) mass is 366 g/mol. The molecule has 0 fully saturated rings. The van der Waals surface area contributed by atoms with E-state index in [0.717, 1.165) is 40.7 Å². The number of ether oxygens (including phenoxy) is 3. The SMILES string of the molecule is COc1ccc([C@H]2C[C@H](c3cc(OC)ccc3OC)n3ncnc3N2)cc1. The highest BCUT2D eigenvalue weighted by atomic mass is 16.5. The highest BCUT2D eigenvalue weighted by Gasteiger charge is 2.32. The van der Waals surface area contributed by atoms with Crippen LogP contribution in [0.3, 0.4) is 0 Å². The lowest BCUT2D eigenvalue weighted by molar-refractivity contribution is 0.373. The molecule has 1 N–H and O–H groups in total. The Hall–Kier alpha value is -3.22. The zero-order valence-electron chi connectivity index (χ0n) is 15.5. The minimum absolute atomic E-state index is 0.0269. The standard InChI is InChI=1S/C20H22N4O3/c1-25-14-6-4-13(5-7-14)17-11-18(24-20(23-17)21-12-22-24)16-10-15(26-2)8-9-19(16)27-3/h4-10,12,17-18H,11H2,1-3H3,(H,21,22,23)/t17-,18-/m1/s1. The summed E-state index contributed by atoms with van der Waals surface area (Å²) in [7, 11) is 5.01. The van der Waals surface area contributed by atoms with E-state index in [0.29, 0.717) is 0 Å². The first kappa shape index (κ1) is 17.2. The summed E-state index contributed by atoms with van der Waals surface area (Å²) in [5.41, 5.74) is 2.18. The average Bonchev–Trinajstić information content (AvgIpc) is 3.21. The third kappa shape index (κ3) is 3.16. The van der Waals surface area contributed by atoms with Crippen LogP contribution in [0.4, 0.5) is 5.95 Å². The van der Waals surface area contributed by atoms with Gasteiger partial charge in [0.05, 0.1) is 33.4 Å². The van der Waals surface area contributed by atoms with Gasteiger partial charge in [0.2, 0.25) is 5.95 Å². The largest absolute Gasteiger partial charge is 0.497 e. The van der Waals surface area contributed by atoms with Crippen molar-refractivity contribution in [2.75, 3.05) is 26.6 Å². The zero-order valence-corrected chi connectivity index (χ0v) is 15.5. The molecule has 7 heteroatoms. The van der Waals surface area contributed by atoms with Crippen molar-refractivity contribution in [2.45, 2.75) is 18.5 Å². The number of rotatable bonds is 5. The Morgan fingerprint density at radius 1 is 0.963 bits per heavy atom. The molecule has 0 bridgehead atoms. The van der Waals surface area contributed by atoms with Gasteiger partial charge in [-0.1, -0.05) is 12.1 Å². The molecule has 27 heavy (non-hydrogen) atoms. The van der Waals surface area contributed by atoms with E-state index in [-0.39, 0.29) is 12.1 Å². The van der Waals surface area contributed by atoms with Crippen LogP contribution in [0.1, 0.15) is 29.6 Å². The van der Waals surface area contributed by atoms with Gasteiger partial charge in [0.1, 0.15) is 23.6 Å². The van der Waals surface area contributed by atoms with Gasteiger partial charge in [-0.05, 0) is 42.3 Å².